The van der Waals surface area contributed by atoms with Gasteiger partial charge in [-0.1, -0.05) is 12.1 Å². The van der Waals surface area contributed by atoms with Crippen LogP contribution in [0.25, 0.3) is 0 Å². The van der Waals surface area contributed by atoms with Gasteiger partial charge in [-0.2, -0.15) is 11.8 Å². The second-order valence-electron chi connectivity index (χ2n) is 6.34. The maximum Gasteiger partial charge on any atom is 0.221 e. The van der Waals surface area contributed by atoms with E-state index in [-0.39, 0.29) is 35.7 Å². The Kier molecular flexibility index (Phi) is 11.6. The summed E-state index contributed by atoms with van der Waals surface area (Å²) in [6.07, 6.45) is 1.99. The van der Waals surface area contributed by atoms with Crippen LogP contribution in [0.2, 0.25) is 0 Å². The van der Waals surface area contributed by atoms with E-state index < -0.39 is 0 Å². The van der Waals surface area contributed by atoms with Crippen LogP contribution >= 0.6 is 35.7 Å². The minimum Gasteiger partial charge on any atom is -0.495 e. The standard InChI is InChI=1S/C21H27FN4O2S.HI/c1-14(27)26-19-9-15(5-8-20(19)28-3)11-24-21(23-2)25-12-16-6-7-18(22)10-17(16)13-29-4;/h5-10H,11-13H2,1-4H3,(H,26,27)(H2,23,24,25);1H. The average Bonchev–Trinajstić information content (AvgIpc) is 2.69. The Hall–Kier alpha value is -2.01. The number of ether oxygens (including phenoxy) is 1. The molecule has 0 atom stereocenters. The number of amides is 1. The van der Waals surface area contributed by atoms with Crippen molar-refractivity contribution in [3.05, 3.63) is 58.9 Å². The van der Waals surface area contributed by atoms with Crippen LogP contribution in [0, 0.1) is 5.82 Å². The number of methoxy groups -OCH3 is 1. The van der Waals surface area contributed by atoms with Gasteiger partial charge in [0.25, 0.3) is 0 Å². The van der Waals surface area contributed by atoms with Crippen molar-refractivity contribution in [3.8, 4) is 5.75 Å². The summed E-state index contributed by atoms with van der Waals surface area (Å²) >= 11 is 1.65. The number of nitrogens with zero attached hydrogens (tertiary/aromatic N) is 1. The molecule has 0 aliphatic heterocycles. The largest absolute Gasteiger partial charge is 0.495 e. The molecule has 1 amide bonds. The summed E-state index contributed by atoms with van der Waals surface area (Å²) in [5.74, 6) is 1.59. The van der Waals surface area contributed by atoms with Gasteiger partial charge < -0.3 is 20.7 Å². The quantitative estimate of drug-likeness (QED) is 0.264. The Labute approximate surface area is 198 Å². The van der Waals surface area contributed by atoms with Gasteiger partial charge in [0.15, 0.2) is 5.96 Å². The molecule has 0 bridgehead atoms. The van der Waals surface area contributed by atoms with Crippen molar-refractivity contribution in [2.24, 2.45) is 4.99 Å². The van der Waals surface area contributed by atoms with E-state index in [2.05, 4.69) is 20.9 Å². The second kappa shape index (κ2) is 13.3. The Morgan fingerprint density at radius 2 is 1.87 bits per heavy atom. The van der Waals surface area contributed by atoms with Crippen molar-refractivity contribution in [2.75, 3.05) is 25.7 Å². The normalized spacial score (nSPS) is 10.8. The summed E-state index contributed by atoms with van der Waals surface area (Å²) in [4.78, 5) is 15.6. The number of nitrogens with one attached hydrogen (secondary N) is 3. The summed E-state index contributed by atoms with van der Waals surface area (Å²) in [7, 11) is 3.25. The Morgan fingerprint density at radius 3 is 2.50 bits per heavy atom. The maximum atomic E-state index is 13.5. The smallest absolute Gasteiger partial charge is 0.221 e. The molecule has 0 spiro atoms. The van der Waals surface area contributed by atoms with Gasteiger partial charge in [-0.3, -0.25) is 9.79 Å². The first-order valence-electron chi connectivity index (χ1n) is 9.12. The maximum absolute atomic E-state index is 13.5. The number of anilines is 1. The van der Waals surface area contributed by atoms with E-state index in [9.17, 15) is 9.18 Å². The second-order valence-corrected chi connectivity index (χ2v) is 7.21. The molecule has 164 valence electrons. The van der Waals surface area contributed by atoms with Crippen LogP contribution in [0.5, 0.6) is 5.75 Å². The molecule has 9 heteroatoms. The van der Waals surface area contributed by atoms with E-state index in [1.54, 1.807) is 38.1 Å². The summed E-state index contributed by atoms with van der Waals surface area (Å²) in [6, 6.07) is 10.4. The van der Waals surface area contributed by atoms with Crippen LogP contribution in [0.4, 0.5) is 10.1 Å². The van der Waals surface area contributed by atoms with Crippen LogP contribution in [-0.4, -0.2) is 32.3 Å². The lowest BCUT2D eigenvalue weighted by Crippen LogP contribution is -2.36. The van der Waals surface area contributed by atoms with Crippen LogP contribution in [0.3, 0.4) is 0 Å². The third kappa shape index (κ3) is 8.02. The molecule has 2 aromatic carbocycles. The molecule has 3 N–H and O–H groups in total. The number of aliphatic imine (C=N–C) groups is 1. The fourth-order valence-corrected chi connectivity index (χ4v) is 3.37. The molecule has 2 aromatic rings. The van der Waals surface area contributed by atoms with Crippen LogP contribution in [0.1, 0.15) is 23.6 Å². The summed E-state index contributed by atoms with van der Waals surface area (Å²) in [5, 5.41) is 9.26. The van der Waals surface area contributed by atoms with Crippen LogP contribution < -0.4 is 20.7 Å². The van der Waals surface area contributed by atoms with Gasteiger partial charge in [0.05, 0.1) is 12.8 Å². The SMILES string of the molecule is CN=C(NCc1ccc(OC)c(NC(C)=O)c1)NCc1ccc(F)cc1CSC.I. The number of benzene rings is 2. The third-order valence-corrected chi connectivity index (χ3v) is 4.77. The van der Waals surface area contributed by atoms with Gasteiger partial charge in [-0.05, 0) is 47.2 Å². The zero-order valence-corrected chi connectivity index (χ0v) is 20.7. The highest BCUT2D eigenvalue weighted by Crippen LogP contribution is 2.25. The van der Waals surface area contributed by atoms with Gasteiger partial charge in [0, 0.05) is 32.8 Å². The van der Waals surface area contributed by atoms with Gasteiger partial charge in [0.2, 0.25) is 5.91 Å². The summed E-state index contributed by atoms with van der Waals surface area (Å²) in [6.45, 7) is 2.50. The minimum atomic E-state index is -0.227. The molecule has 0 fully saturated rings. The van der Waals surface area contributed by atoms with E-state index >= 15 is 0 Å². The van der Waals surface area contributed by atoms with Gasteiger partial charge in [-0.25, -0.2) is 4.39 Å². The topological polar surface area (TPSA) is 74.8 Å². The number of thioether (sulfide) groups is 1. The van der Waals surface area contributed by atoms with E-state index in [1.807, 2.05) is 24.5 Å². The Morgan fingerprint density at radius 1 is 1.13 bits per heavy atom. The lowest BCUT2D eigenvalue weighted by atomic mass is 10.1. The van der Waals surface area contributed by atoms with Crippen LogP contribution in [-0.2, 0) is 23.6 Å². The number of rotatable bonds is 8. The van der Waals surface area contributed by atoms with E-state index in [4.69, 9.17) is 4.74 Å². The lowest BCUT2D eigenvalue weighted by molar-refractivity contribution is -0.114. The molecule has 30 heavy (non-hydrogen) atoms. The lowest BCUT2D eigenvalue weighted by Gasteiger charge is -2.15. The monoisotopic (exact) mass is 546 g/mol. The third-order valence-electron chi connectivity index (χ3n) is 4.17. The number of guanidine groups is 1. The molecule has 0 unspecified atom stereocenters. The van der Waals surface area contributed by atoms with Gasteiger partial charge in [-0.15, -0.1) is 24.0 Å². The number of halogens is 2. The highest BCUT2D eigenvalue weighted by atomic mass is 127. The van der Waals surface area contributed by atoms with Crippen molar-refractivity contribution in [3.63, 3.8) is 0 Å². The number of carbonyl (C=O) groups excluding carboxylic acids is 1. The zero-order chi connectivity index (χ0) is 21.2. The zero-order valence-electron chi connectivity index (χ0n) is 17.5. The number of hydrogen-bond acceptors (Lipinski definition) is 4. The summed E-state index contributed by atoms with van der Waals surface area (Å²) in [5.41, 5.74) is 3.58. The van der Waals surface area contributed by atoms with Crippen molar-refractivity contribution in [2.45, 2.75) is 25.8 Å². The highest BCUT2D eigenvalue weighted by Gasteiger charge is 2.08. The van der Waals surface area contributed by atoms with Crippen molar-refractivity contribution < 1.29 is 13.9 Å². The molecule has 0 aromatic heterocycles. The van der Waals surface area contributed by atoms with E-state index in [0.717, 1.165) is 22.4 Å². The molecule has 6 nitrogen and oxygen atoms in total. The molecular formula is C21H28FIN4O2S. The fourth-order valence-electron chi connectivity index (χ4n) is 2.79. The molecule has 2 rings (SSSR count). The van der Waals surface area contributed by atoms with Crippen molar-refractivity contribution >= 4 is 53.3 Å². The molecule has 0 saturated carbocycles. The van der Waals surface area contributed by atoms with Crippen LogP contribution in [0.15, 0.2) is 41.4 Å². The first kappa shape index (κ1) is 26.0. The van der Waals surface area contributed by atoms with Crippen molar-refractivity contribution in [1.29, 1.82) is 0 Å². The first-order valence-corrected chi connectivity index (χ1v) is 10.5. The number of carbonyl (C=O) groups is 1. The van der Waals surface area contributed by atoms with E-state index in [0.29, 0.717) is 30.5 Å². The number of hydrogen-bond donors (Lipinski definition) is 3. The van der Waals surface area contributed by atoms with E-state index in [1.165, 1.54) is 13.0 Å². The highest BCUT2D eigenvalue weighted by molar-refractivity contribution is 14.0. The molecule has 0 aliphatic carbocycles. The molecule has 0 saturated heterocycles. The minimum absolute atomic E-state index is 0. The molecule has 0 radical (unpaired) electrons. The first-order chi connectivity index (χ1) is 14.0. The van der Waals surface area contributed by atoms with Crippen molar-refractivity contribution in [1.82, 2.24) is 10.6 Å². The molecular weight excluding hydrogens is 518 g/mol. The summed E-state index contributed by atoms with van der Waals surface area (Å²) < 4.78 is 18.8. The Bertz CT molecular complexity index is 880. The molecule has 0 heterocycles. The van der Waals surface area contributed by atoms with Gasteiger partial charge in [0.1, 0.15) is 11.6 Å². The fraction of sp³-hybridized carbons (Fsp3) is 0.333. The Balaban J connectivity index is 0.00000450. The predicted octanol–water partition coefficient (Wildman–Crippen LogP) is 4.14. The molecule has 0 aliphatic rings. The average molecular weight is 546 g/mol. The van der Waals surface area contributed by atoms with Gasteiger partial charge >= 0.3 is 0 Å². The predicted molar refractivity (Wildman–Crippen MR) is 133 cm³/mol.